The SMILES string of the molecule is CNC1COc2cc(S(N)(=O)=NC(=O)Cc3c(-c4ccncc4F)cnc4c3CCC4)nn2C1. The summed E-state index contributed by atoms with van der Waals surface area (Å²) in [4.78, 5) is 21.3. The van der Waals surface area contributed by atoms with Crippen LogP contribution in [0, 0.1) is 5.82 Å². The van der Waals surface area contributed by atoms with Gasteiger partial charge in [0.2, 0.25) is 5.88 Å². The quantitative estimate of drug-likeness (QED) is 0.557. The molecule has 0 spiro atoms. The summed E-state index contributed by atoms with van der Waals surface area (Å²) < 4.78 is 38.7. The van der Waals surface area contributed by atoms with Crippen molar-refractivity contribution < 1.29 is 18.1 Å². The van der Waals surface area contributed by atoms with Crippen molar-refractivity contribution in [1.29, 1.82) is 0 Å². The number of ether oxygens (including phenoxy) is 1. The molecule has 5 rings (SSSR count). The van der Waals surface area contributed by atoms with E-state index >= 15 is 0 Å². The molecular formula is C22H24FN7O3S. The zero-order valence-corrected chi connectivity index (χ0v) is 19.3. The monoisotopic (exact) mass is 485 g/mol. The van der Waals surface area contributed by atoms with Gasteiger partial charge in [-0.05, 0) is 43.5 Å². The van der Waals surface area contributed by atoms with Gasteiger partial charge in [0.1, 0.15) is 12.4 Å². The number of halogens is 1. The first-order valence-corrected chi connectivity index (χ1v) is 12.5. The van der Waals surface area contributed by atoms with Gasteiger partial charge in [0, 0.05) is 35.3 Å². The maximum atomic E-state index is 14.5. The molecule has 0 aromatic carbocycles. The average Bonchev–Trinajstić information content (AvgIpc) is 3.46. The molecule has 1 aliphatic carbocycles. The Kier molecular flexibility index (Phi) is 5.88. The first kappa shape index (κ1) is 22.6. The van der Waals surface area contributed by atoms with E-state index in [1.54, 1.807) is 16.9 Å². The normalized spacial score (nSPS) is 18.5. The molecule has 1 aliphatic heterocycles. The second-order valence-corrected chi connectivity index (χ2v) is 10.1. The van der Waals surface area contributed by atoms with Gasteiger partial charge >= 0.3 is 0 Å². The van der Waals surface area contributed by atoms with Crippen molar-refractivity contribution in [3.63, 3.8) is 0 Å². The molecule has 34 heavy (non-hydrogen) atoms. The Hall–Kier alpha value is -3.22. The van der Waals surface area contributed by atoms with E-state index in [2.05, 4.69) is 24.7 Å². The van der Waals surface area contributed by atoms with Gasteiger partial charge in [-0.1, -0.05) is 0 Å². The highest BCUT2D eigenvalue weighted by atomic mass is 32.2. The van der Waals surface area contributed by atoms with Crippen molar-refractivity contribution in [3.05, 3.63) is 53.4 Å². The molecular weight excluding hydrogens is 461 g/mol. The van der Waals surface area contributed by atoms with Crippen LogP contribution in [0.3, 0.4) is 0 Å². The number of fused-ring (bicyclic) bond motifs is 2. The number of likely N-dealkylation sites (N-methyl/N-ethyl adjacent to an activating group) is 1. The summed E-state index contributed by atoms with van der Waals surface area (Å²) in [5, 5.41) is 13.3. The number of nitrogens with zero attached hydrogens (tertiary/aromatic N) is 5. The Bertz CT molecular complexity index is 1400. The Morgan fingerprint density at radius 2 is 2.24 bits per heavy atom. The summed E-state index contributed by atoms with van der Waals surface area (Å²) in [7, 11) is -1.79. The third-order valence-electron chi connectivity index (χ3n) is 6.11. The number of nitrogens with two attached hydrogens (primary N) is 1. The topological polar surface area (TPSA) is 137 Å². The van der Waals surface area contributed by atoms with Crippen LogP contribution in [-0.4, -0.2) is 49.6 Å². The molecule has 10 nitrogen and oxygen atoms in total. The number of aryl methyl sites for hydroxylation is 1. The molecule has 3 aromatic rings. The van der Waals surface area contributed by atoms with E-state index in [4.69, 9.17) is 9.88 Å². The van der Waals surface area contributed by atoms with E-state index in [0.717, 1.165) is 36.7 Å². The van der Waals surface area contributed by atoms with Gasteiger partial charge in [-0.3, -0.25) is 14.8 Å². The Labute approximate surface area is 196 Å². The Morgan fingerprint density at radius 3 is 3.03 bits per heavy atom. The van der Waals surface area contributed by atoms with Gasteiger partial charge in [-0.15, -0.1) is 4.36 Å². The first-order valence-electron chi connectivity index (χ1n) is 10.9. The fourth-order valence-corrected chi connectivity index (χ4v) is 5.32. The second-order valence-electron chi connectivity index (χ2n) is 8.31. The van der Waals surface area contributed by atoms with Crippen LogP contribution in [0.5, 0.6) is 5.88 Å². The molecule has 1 amide bonds. The molecule has 0 fully saturated rings. The molecule has 0 saturated carbocycles. The molecule has 0 radical (unpaired) electrons. The summed E-state index contributed by atoms with van der Waals surface area (Å²) in [5.74, 6) is -0.771. The standard InChI is InChI=1S/C22H24FN7O3S/c1-25-13-11-30-22(33-12-13)8-21(28-30)34(24,32)29-20(31)7-16-15-3-2-4-19(15)27-9-17(16)14-5-6-26-10-18(14)23/h5-6,8-10,13,25H,2-4,7,11-12H2,1H3,(H2,24,29,31,32). The van der Waals surface area contributed by atoms with Gasteiger partial charge in [0.15, 0.2) is 14.9 Å². The van der Waals surface area contributed by atoms with Crippen LogP contribution in [-0.2, 0) is 40.5 Å². The number of nitrogens with one attached hydrogen (secondary N) is 1. The zero-order valence-electron chi connectivity index (χ0n) is 18.5. The number of carbonyl (C=O) groups excluding carboxylic acids is 1. The summed E-state index contributed by atoms with van der Waals surface area (Å²) in [6.45, 7) is 0.949. The van der Waals surface area contributed by atoms with E-state index in [0.29, 0.717) is 35.7 Å². The van der Waals surface area contributed by atoms with Crippen molar-refractivity contribution in [3.8, 4) is 17.0 Å². The minimum Gasteiger partial charge on any atom is -0.476 e. The summed E-state index contributed by atoms with van der Waals surface area (Å²) in [6, 6.07) is 3.04. The van der Waals surface area contributed by atoms with Crippen LogP contribution < -0.4 is 15.2 Å². The molecule has 4 heterocycles. The molecule has 0 bridgehead atoms. The van der Waals surface area contributed by atoms with Crippen LogP contribution in [0.15, 0.2) is 40.1 Å². The Morgan fingerprint density at radius 1 is 1.38 bits per heavy atom. The number of rotatable bonds is 5. The zero-order chi connectivity index (χ0) is 23.9. The summed E-state index contributed by atoms with van der Waals surface area (Å²) >= 11 is 0. The van der Waals surface area contributed by atoms with Gasteiger partial charge < -0.3 is 10.1 Å². The van der Waals surface area contributed by atoms with Crippen molar-refractivity contribution in [2.45, 2.75) is 43.3 Å². The molecule has 3 aromatic heterocycles. The van der Waals surface area contributed by atoms with E-state index in [1.807, 2.05) is 7.05 Å². The summed E-state index contributed by atoms with van der Waals surface area (Å²) in [5.41, 5.74) is 3.21. The van der Waals surface area contributed by atoms with Crippen molar-refractivity contribution in [1.82, 2.24) is 25.1 Å². The fraction of sp³-hybridized carbons (Fsp3) is 0.364. The first-order chi connectivity index (χ1) is 16.4. The fourth-order valence-electron chi connectivity index (χ4n) is 4.38. The number of hydrogen-bond acceptors (Lipinski definition) is 7. The largest absolute Gasteiger partial charge is 0.476 e. The van der Waals surface area contributed by atoms with E-state index < -0.39 is 21.6 Å². The number of amides is 1. The van der Waals surface area contributed by atoms with E-state index in [1.165, 1.54) is 12.3 Å². The number of aromatic nitrogens is 4. The number of hydrogen-bond donors (Lipinski definition) is 2. The lowest BCUT2D eigenvalue weighted by molar-refractivity contribution is -0.117. The van der Waals surface area contributed by atoms with Crippen molar-refractivity contribution >= 4 is 15.8 Å². The smallest absolute Gasteiger partial charge is 0.259 e. The maximum Gasteiger partial charge on any atom is 0.259 e. The lowest BCUT2D eigenvalue weighted by Gasteiger charge is -2.23. The van der Waals surface area contributed by atoms with Crippen LogP contribution in [0.4, 0.5) is 4.39 Å². The molecule has 178 valence electrons. The highest BCUT2D eigenvalue weighted by Gasteiger charge is 2.26. The average molecular weight is 486 g/mol. The highest BCUT2D eigenvalue weighted by molar-refractivity contribution is 7.91. The van der Waals surface area contributed by atoms with Crippen LogP contribution in [0.1, 0.15) is 23.2 Å². The minimum absolute atomic E-state index is 0.0204. The van der Waals surface area contributed by atoms with Gasteiger partial charge in [0.05, 0.1) is 25.2 Å². The third kappa shape index (κ3) is 4.19. The highest BCUT2D eigenvalue weighted by Crippen LogP contribution is 2.33. The number of carbonyl (C=O) groups is 1. The number of pyridine rings is 2. The molecule has 12 heteroatoms. The molecule has 0 saturated heterocycles. The lowest BCUT2D eigenvalue weighted by atomic mass is 9.94. The van der Waals surface area contributed by atoms with Gasteiger partial charge in [0.25, 0.3) is 5.91 Å². The predicted molar refractivity (Wildman–Crippen MR) is 122 cm³/mol. The Balaban J connectivity index is 1.48. The summed E-state index contributed by atoms with van der Waals surface area (Å²) in [6.07, 6.45) is 6.40. The van der Waals surface area contributed by atoms with Crippen molar-refractivity contribution in [2.24, 2.45) is 9.50 Å². The maximum absolute atomic E-state index is 14.5. The van der Waals surface area contributed by atoms with Crippen LogP contribution in [0.25, 0.3) is 11.1 Å². The van der Waals surface area contributed by atoms with Crippen molar-refractivity contribution in [2.75, 3.05) is 13.7 Å². The van der Waals surface area contributed by atoms with Crippen LogP contribution in [0.2, 0.25) is 0 Å². The van der Waals surface area contributed by atoms with Crippen LogP contribution >= 0.6 is 0 Å². The van der Waals surface area contributed by atoms with Gasteiger partial charge in [-0.25, -0.2) is 18.4 Å². The molecule has 2 unspecified atom stereocenters. The minimum atomic E-state index is -3.60. The second kappa shape index (κ2) is 8.85. The van der Waals surface area contributed by atoms with E-state index in [-0.39, 0.29) is 17.5 Å². The van der Waals surface area contributed by atoms with Gasteiger partial charge in [-0.2, -0.15) is 5.10 Å². The molecule has 3 N–H and O–H groups in total. The predicted octanol–water partition coefficient (Wildman–Crippen LogP) is 1.42. The van der Waals surface area contributed by atoms with E-state index in [9.17, 15) is 13.4 Å². The third-order valence-corrected chi connectivity index (χ3v) is 7.38. The molecule has 2 atom stereocenters. The molecule has 2 aliphatic rings. The lowest BCUT2D eigenvalue weighted by Crippen LogP contribution is -2.39.